The monoisotopic (exact) mass is 270 g/mol. The summed E-state index contributed by atoms with van der Waals surface area (Å²) in [5.74, 6) is 0. The summed E-state index contributed by atoms with van der Waals surface area (Å²) in [6, 6.07) is 5.72. The zero-order chi connectivity index (χ0) is 9.97. The van der Waals surface area contributed by atoms with Crippen LogP contribution in [0.2, 0.25) is 0 Å². The van der Waals surface area contributed by atoms with Gasteiger partial charge < -0.3 is 0 Å². The van der Waals surface area contributed by atoms with Gasteiger partial charge in [-0.25, -0.2) is 9.78 Å². The van der Waals surface area contributed by atoms with E-state index in [2.05, 4.69) is 20.9 Å². The Balaban J connectivity index is 2.27. The molecule has 14 heavy (non-hydrogen) atoms. The molecule has 0 bridgehead atoms. The Kier molecular flexibility index (Phi) is 2.79. The second-order valence-corrected chi connectivity index (χ2v) is 5.28. The molecule has 0 unspecified atom stereocenters. The summed E-state index contributed by atoms with van der Waals surface area (Å²) in [6.45, 7) is 0.586. The van der Waals surface area contributed by atoms with Crippen molar-refractivity contribution in [3.63, 3.8) is 0 Å². The average molecular weight is 271 g/mol. The zero-order valence-electron chi connectivity index (χ0n) is 7.18. The summed E-state index contributed by atoms with van der Waals surface area (Å²) in [4.78, 5) is 16.1. The Morgan fingerprint density at radius 2 is 2.36 bits per heavy atom. The minimum Gasteiger partial charge on any atom is -0.294 e. The molecule has 2 heterocycles. The molecule has 0 spiro atoms. The number of thiophene rings is 1. The first-order valence-electron chi connectivity index (χ1n) is 4.01. The lowest BCUT2D eigenvalue weighted by atomic mass is 10.4. The molecule has 0 fully saturated rings. The predicted octanol–water partition coefficient (Wildman–Crippen LogP) is 2.12. The van der Waals surface area contributed by atoms with Gasteiger partial charge >= 0.3 is 5.69 Å². The van der Waals surface area contributed by atoms with Crippen LogP contribution in [-0.4, -0.2) is 9.55 Å². The van der Waals surface area contributed by atoms with E-state index < -0.39 is 0 Å². The molecule has 0 saturated carbocycles. The first kappa shape index (κ1) is 9.61. The zero-order valence-corrected chi connectivity index (χ0v) is 9.59. The van der Waals surface area contributed by atoms with E-state index in [1.165, 1.54) is 6.20 Å². The van der Waals surface area contributed by atoms with Crippen molar-refractivity contribution in [1.82, 2.24) is 9.55 Å². The highest BCUT2D eigenvalue weighted by Gasteiger charge is 2.00. The van der Waals surface area contributed by atoms with E-state index in [1.54, 1.807) is 28.2 Å². The van der Waals surface area contributed by atoms with E-state index in [4.69, 9.17) is 0 Å². The molecule has 3 nitrogen and oxygen atoms in total. The maximum absolute atomic E-state index is 11.3. The van der Waals surface area contributed by atoms with Gasteiger partial charge in [-0.2, -0.15) is 0 Å². The molecule has 0 N–H and O–H groups in total. The Labute approximate surface area is 93.2 Å². The second kappa shape index (κ2) is 4.06. The van der Waals surface area contributed by atoms with E-state index in [0.717, 1.165) is 8.66 Å². The topological polar surface area (TPSA) is 34.9 Å². The summed E-state index contributed by atoms with van der Waals surface area (Å²) in [5, 5.41) is 0. The van der Waals surface area contributed by atoms with E-state index in [-0.39, 0.29) is 5.69 Å². The summed E-state index contributed by atoms with van der Waals surface area (Å²) in [6.07, 6.45) is 3.24. The molecule has 0 atom stereocenters. The molecule has 2 rings (SSSR count). The largest absolute Gasteiger partial charge is 0.347 e. The highest BCUT2D eigenvalue weighted by molar-refractivity contribution is 9.11. The first-order valence-corrected chi connectivity index (χ1v) is 5.62. The Hall–Kier alpha value is -0.940. The summed E-state index contributed by atoms with van der Waals surface area (Å²) in [5.41, 5.74) is -0.211. The highest BCUT2D eigenvalue weighted by atomic mass is 79.9. The normalized spacial score (nSPS) is 10.4. The lowest BCUT2D eigenvalue weighted by molar-refractivity contribution is 0.735. The van der Waals surface area contributed by atoms with Crippen LogP contribution >= 0.6 is 27.3 Å². The third-order valence-electron chi connectivity index (χ3n) is 1.74. The van der Waals surface area contributed by atoms with Gasteiger partial charge in [0.25, 0.3) is 0 Å². The van der Waals surface area contributed by atoms with Crippen LogP contribution in [0.3, 0.4) is 0 Å². The van der Waals surface area contributed by atoms with Gasteiger partial charge in [-0.3, -0.25) is 4.57 Å². The third kappa shape index (κ3) is 2.10. The average Bonchev–Trinajstić information content (AvgIpc) is 2.56. The molecule has 0 radical (unpaired) electrons. The summed E-state index contributed by atoms with van der Waals surface area (Å²) < 4.78 is 2.66. The van der Waals surface area contributed by atoms with Gasteiger partial charge in [-0.1, -0.05) is 0 Å². The van der Waals surface area contributed by atoms with Crippen LogP contribution < -0.4 is 5.69 Å². The minimum atomic E-state index is -0.211. The van der Waals surface area contributed by atoms with Crippen molar-refractivity contribution in [3.8, 4) is 0 Å². The lowest BCUT2D eigenvalue weighted by Crippen LogP contribution is -2.21. The first-order chi connectivity index (χ1) is 6.75. The summed E-state index contributed by atoms with van der Waals surface area (Å²) >= 11 is 5.00. The molecule has 72 valence electrons. The van der Waals surface area contributed by atoms with Gasteiger partial charge in [0.2, 0.25) is 0 Å². The molecule has 0 aliphatic rings. The number of hydrogen-bond donors (Lipinski definition) is 0. The van der Waals surface area contributed by atoms with Crippen molar-refractivity contribution < 1.29 is 0 Å². The molecule has 5 heteroatoms. The summed E-state index contributed by atoms with van der Waals surface area (Å²) in [7, 11) is 0. The van der Waals surface area contributed by atoms with Crippen LogP contribution in [0.5, 0.6) is 0 Å². The molecular formula is C9H7BrN2OS. The van der Waals surface area contributed by atoms with Crippen LogP contribution in [0.25, 0.3) is 0 Å². The van der Waals surface area contributed by atoms with Crippen LogP contribution in [-0.2, 0) is 6.54 Å². The lowest BCUT2D eigenvalue weighted by Gasteiger charge is -2.00. The fourth-order valence-electron chi connectivity index (χ4n) is 1.11. The smallest absolute Gasteiger partial charge is 0.294 e. The van der Waals surface area contributed by atoms with Crippen LogP contribution in [0.15, 0.2) is 39.2 Å². The van der Waals surface area contributed by atoms with Gasteiger partial charge in [0.15, 0.2) is 0 Å². The molecule has 0 saturated heterocycles. The van der Waals surface area contributed by atoms with Gasteiger partial charge in [0.1, 0.15) is 0 Å². The molecular weight excluding hydrogens is 264 g/mol. The van der Waals surface area contributed by atoms with Crippen molar-refractivity contribution in [2.75, 3.05) is 0 Å². The van der Waals surface area contributed by atoms with Crippen molar-refractivity contribution in [1.29, 1.82) is 0 Å². The Morgan fingerprint density at radius 3 is 3.00 bits per heavy atom. The number of aromatic nitrogens is 2. The van der Waals surface area contributed by atoms with Gasteiger partial charge in [0, 0.05) is 17.3 Å². The van der Waals surface area contributed by atoms with Crippen molar-refractivity contribution in [3.05, 3.63) is 49.7 Å². The fraction of sp³-hybridized carbons (Fsp3) is 0.111. The molecule has 2 aromatic heterocycles. The number of nitrogens with zero attached hydrogens (tertiary/aromatic N) is 2. The van der Waals surface area contributed by atoms with Crippen LogP contribution in [0, 0.1) is 0 Å². The second-order valence-electron chi connectivity index (χ2n) is 2.74. The SMILES string of the molecule is O=c1ncccn1Cc1ccc(Br)s1. The standard InChI is InChI=1S/C9H7BrN2OS/c10-8-3-2-7(14-8)6-12-5-1-4-11-9(12)13/h1-5H,6H2. The van der Waals surface area contributed by atoms with Crippen LogP contribution in [0.4, 0.5) is 0 Å². The van der Waals surface area contributed by atoms with Crippen molar-refractivity contribution in [2.24, 2.45) is 0 Å². The van der Waals surface area contributed by atoms with E-state index in [0.29, 0.717) is 6.54 Å². The van der Waals surface area contributed by atoms with Gasteiger partial charge in [0.05, 0.1) is 10.3 Å². The molecule has 0 aliphatic heterocycles. The van der Waals surface area contributed by atoms with Gasteiger partial charge in [-0.15, -0.1) is 11.3 Å². The van der Waals surface area contributed by atoms with Crippen molar-refractivity contribution in [2.45, 2.75) is 6.54 Å². The predicted molar refractivity (Wildman–Crippen MR) is 59.6 cm³/mol. The van der Waals surface area contributed by atoms with Crippen LogP contribution in [0.1, 0.15) is 4.88 Å². The number of rotatable bonds is 2. The Bertz CT molecular complexity index is 491. The number of halogens is 1. The quantitative estimate of drug-likeness (QED) is 0.838. The van der Waals surface area contributed by atoms with E-state index in [9.17, 15) is 4.79 Å². The fourth-order valence-corrected chi connectivity index (χ4v) is 2.59. The Morgan fingerprint density at radius 1 is 1.50 bits per heavy atom. The molecule has 2 aromatic rings. The highest BCUT2D eigenvalue weighted by Crippen LogP contribution is 2.22. The third-order valence-corrected chi connectivity index (χ3v) is 3.35. The van der Waals surface area contributed by atoms with E-state index >= 15 is 0 Å². The molecule has 0 aromatic carbocycles. The van der Waals surface area contributed by atoms with Gasteiger partial charge in [-0.05, 0) is 34.1 Å². The molecule has 0 aliphatic carbocycles. The molecule has 0 amide bonds. The maximum Gasteiger partial charge on any atom is 0.347 e. The van der Waals surface area contributed by atoms with Crippen molar-refractivity contribution >= 4 is 27.3 Å². The number of hydrogen-bond acceptors (Lipinski definition) is 3. The van der Waals surface area contributed by atoms with E-state index in [1.807, 2.05) is 12.1 Å². The maximum atomic E-state index is 11.3. The minimum absolute atomic E-state index is 0.211.